The second kappa shape index (κ2) is 9.17. The fourth-order valence-electron chi connectivity index (χ4n) is 5.31. The molecule has 9 aromatic rings. The van der Waals surface area contributed by atoms with Crippen molar-refractivity contribution in [3.8, 4) is 54.8 Å². The van der Waals surface area contributed by atoms with Crippen LogP contribution < -0.4 is 0 Å². The van der Waals surface area contributed by atoms with E-state index in [1.165, 1.54) is 21.6 Å². The zero-order valence-corrected chi connectivity index (χ0v) is 23.5. The molecule has 11 nitrogen and oxygen atoms in total. The molecule has 0 bridgehead atoms. The first kappa shape index (κ1) is 23.5. The molecule has 0 saturated carbocycles. The first-order valence-corrected chi connectivity index (χ1v) is 15.1. The van der Waals surface area contributed by atoms with Gasteiger partial charge in [-0.1, -0.05) is 40.0 Å². The molecule has 3 aromatic carbocycles. The van der Waals surface area contributed by atoms with Crippen LogP contribution in [0.3, 0.4) is 0 Å². The molecule has 6 aromatic heterocycles. The van der Waals surface area contributed by atoms with E-state index >= 15 is 0 Å². The highest BCUT2D eigenvalue weighted by atomic mass is 32.1. The smallest absolute Gasteiger partial charge is 0.143 e. The molecule has 42 heavy (non-hydrogen) atoms. The highest BCUT2D eigenvalue weighted by Crippen LogP contribution is 2.53. The van der Waals surface area contributed by atoms with Crippen LogP contribution in [0.25, 0.3) is 86.1 Å². The summed E-state index contributed by atoms with van der Waals surface area (Å²) in [6.45, 7) is 0. The van der Waals surface area contributed by atoms with Gasteiger partial charge in [0.05, 0.1) is 27.0 Å². The molecule has 14 heteroatoms. The zero-order chi connectivity index (χ0) is 27.6. The number of benzene rings is 3. The Labute approximate surface area is 246 Å². The Bertz CT molecular complexity index is 2340. The number of rotatable bonds is 5. The fourth-order valence-corrected chi connectivity index (χ4v) is 8.00. The van der Waals surface area contributed by atoms with Crippen LogP contribution in [0, 0.1) is 0 Å². The molecule has 0 aliphatic carbocycles. The summed E-state index contributed by atoms with van der Waals surface area (Å²) in [6, 6.07) is 18.2. The van der Waals surface area contributed by atoms with Crippen LogP contribution >= 0.6 is 34.2 Å². The Balaban J connectivity index is 1.50. The van der Waals surface area contributed by atoms with Crippen LogP contribution in [-0.2, 0) is 0 Å². The molecule has 200 valence electrons. The van der Waals surface area contributed by atoms with E-state index < -0.39 is 0 Å². The quantitative estimate of drug-likeness (QED) is 0.212. The number of thiazole rings is 1. The van der Waals surface area contributed by atoms with Gasteiger partial charge in [-0.05, 0) is 56.7 Å². The van der Waals surface area contributed by atoms with Crippen molar-refractivity contribution in [3.05, 3.63) is 72.4 Å². The molecule has 0 aliphatic heterocycles. The number of fused-ring (bicyclic) bond motifs is 3. The minimum absolute atomic E-state index is 0.511. The van der Waals surface area contributed by atoms with Crippen molar-refractivity contribution >= 4 is 65.5 Å². The molecular weight excluding hydrogens is 591 g/mol. The van der Waals surface area contributed by atoms with Crippen LogP contribution in [0.1, 0.15) is 0 Å². The molecule has 0 aliphatic rings. The van der Waals surface area contributed by atoms with E-state index in [9.17, 15) is 0 Å². The van der Waals surface area contributed by atoms with E-state index in [2.05, 4.69) is 58.6 Å². The lowest BCUT2D eigenvalue weighted by molar-refractivity contribution is 0.308. The number of nitrogens with one attached hydrogen (secondary N) is 1. The Kier molecular flexibility index (Phi) is 5.13. The maximum atomic E-state index is 5.31. The largest absolute Gasteiger partial charge is 0.285 e. The summed E-state index contributed by atoms with van der Waals surface area (Å²) in [5.74, 6) is 0. The predicted octanol–water partition coefficient (Wildman–Crippen LogP) is 7.34. The summed E-state index contributed by atoms with van der Waals surface area (Å²) >= 11 is 4.58. The van der Waals surface area contributed by atoms with Gasteiger partial charge < -0.3 is 0 Å². The van der Waals surface area contributed by atoms with E-state index in [-0.39, 0.29) is 0 Å². The lowest BCUT2D eigenvalue weighted by atomic mass is 9.86. The van der Waals surface area contributed by atoms with Gasteiger partial charge in [0.2, 0.25) is 0 Å². The number of nitrogens with zero attached hydrogens (tertiary/aromatic N) is 8. The van der Waals surface area contributed by atoms with Crippen LogP contribution in [0.4, 0.5) is 0 Å². The third-order valence-corrected chi connectivity index (χ3v) is 9.89. The average molecular weight is 604 g/mol. The van der Waals surface area contributed by atoms with Crippen molar-refractivity contribution < 1.29 is 9.26 Å². The number of hydrogen-bond donors (Lipinski definition) is 1. The van der Waals surface area contributed by atoms with Gasteiger partial charge >= 0.3 is 0 Å². The lowest BCUT2D eigenvalue weighted by Gasteiger charge is -2.17. The zero-order valence-electron chi connectivity index (χ0n) is 21.0. The second-order valence-corrected chi connectivity index (χ2v) is 12.0. The topological polar surface area (TPSA) is 145 Å². The summed E-state index contributed by atoms with van der Waals surface area (Å²) in [6.07, 6.45) is 3.38. The molecule has 0 amide bonds. The van der Waals surface area contributed by atoms with Gasteiger partial charge in [-0.25, -0.2) is 14.2 Å². The lowest BCUT2D eigenvalue weighted by Crippen LogP contribution is -1.98. The van der Waals surface area contributed by atoms with Gasteiger partial charge in [0.15, 0.2) is 0 Å². The Morgan fingerprint density at radius 3 is 2.55 bits per heavy atom. The number of aromatic amines is 1. The minimum Gasteiger partial charge on any atom is -0.285 e. The van der Waals surface area contributed by atoms with E-state index in [4.69, 9.17) is 14.2 Å². The Hall–Kier alpha value is -5.18. The maximum absolute atomic E-state index is 5.31. The maximum Gasteiger partial charge on any atom is 0.143 e. The van der Waals surface area contributed by atoms with E-state index in [1.54, 1.807) is 35.1 Å². The van der Waals surface area contributed by atoms with Crippen molar-refractivity contribution in [2.75, 3.05) is 0 Å². The molecule has 0 atom stereocenters. The molecular formula is C28H13N9O2S3. The molecule has 0 saturated heterocycles. The first-order chi connectivity index (χ1) is 20.8. The summed E-state index contributed by atoms with van der Waals surface area (Å²) < 4.78 is 16.6. The molecule has 0 unspecified atom stereocenters. The van der Waals surface area contributed by atoms with Gasteiger partial charge in [0.1, 0.15) is 27.4 Å². The predicted molar refractivity (Wildman–Crippen MR) is 161 cm³/mol. The molecule has 0 fully saturated rings. The fraction of sp³-hybridized carbons (Fsp3) is 0. The van der Waals surface area contributed by atoms with Crippen molar-refractivity contribution in [1.82, 2.24) is 45.4 Å². The SMILES string of the molecule is c1ccc2sc(-c3nc4c(-c5cccc6nonc56)c(-c5cnon5)c(-c5csnn5)c(-c5cc[nH]n5)c4s3)cc2c1. The van der Waals surface area contributed by atoms with Gasteiger partial charge in [-0.3, -0.25) is 5.10 Å². The van der Waals surface area contributed by atoms with E-state index in [1.807, 2.05) is 41.8 Å². The summed E-state index contributed by atoms with van der Waals surface area (Å²) in [7, 11) is 0. The number of aromatic nitrogens is 9. The van der Waals surface area contributed by atoms with Crippen LogP contribution in [0.2, 0.25) is 0 Å². The minimum atomic E-state index is 0.511. The number of thiophene rings is 1. The molecule has 6 heterocycles. The standard InChI is InChI=1S/C28H13N9O2S3/c1-2-7-19-13(4-1)10-20(41-19)28-31-26-21(14-5-3-6-16-25(14)36-39-34-16)22(17-11-30-38-35-17)23(18-12-40-37-33-18)24(27(26)42-28)15-8-9-29-32-15/h1-12H,(H,29,32). The summed E-state index contributed by atoms with van der Waals surface area (Å²) in [4.78, 5) is 6.38. The Morgan fingerprint density at radius 1 is 0.762 bits per heavy atom. The second-order valence-electron chi connectivity index (χ2n) is 9.33. The van der Waals surface area contributed by atoms with Gasteiger partial charge in [-0.2, -0.15) is 5.10 Å². The van der Waals surface area contributed by atoms with Crippen molar-refractivity contribution in [2.24, 2.45) is 0 Å². The third-order valence-electron chi connectivity index (χ3n) is 7.02. The molecule has 1 N–H and O–H groups in total. The van der Waals surface area contributed by atoms with Gasteiger partial charge in [0, 0.05) is 44.1 Å². The number of hydrogen-bond acceptors (Lipinski definition) is 13. The monoisotopic (exact) mass is 603 g/mol. The molecule has 9 rings (SSSR count). The van der Waals surface area contributed by atoms with Crippen LogP contribution in [0.5, 0.6) is 0 Å². The van der Waals surface area contributed by atoms with Crippen molar-refractivity contribution in [1.29, 1.82) is 0 Å². The first-order valence-electron chi connectivity index (χ1n) is 12.6. The highest BCUT2D eigenvalue weighted by molar-refractivity contribution is 7.28. The van der Waals surface area contributed by atoms with Gasteiger partial charge in [0.25, 0.3) is 0 Å². The van der Waals surface area contributed by atoms with E-state index in [0.29, 0.717) is 22.4 Å². The molecule has 0 radical (unpaired) electrons. The highest BCUT2D eigenvalue weighted by Gasteiger charge is 2.31. The van der Waals surface area contributed by atoms with Crippen molar-refractivity contribution in [2.45, 2.75) is 0 Å². The summed E-state index contributed by atoms with van der Waals surface area (Å²) in [5, 5.41) is 32.7. The van der Waals surface area contributed by atoms with Gasteiger partial charge in [-0.15, -0.1) is 27.8 Å². The Morgan fingerprint density at radius 2 is 1.71 bits per heavy atom. The normalized spacial score (nSPS) is 11.8. The average Bonchev–Trinajstić information content (AvgIpc) is 3.86. The number of H-pyrrole nitrogens is 1. The summed E-state index contributed by atoms with van der Waals surface area (Å²) in [5.41, 5.74) is 7.82. The van der Waals surface area contributed by atoms with Crippen molar-refractivity contribution in [3.63, 3.8) is 0 Å². The third kappa shape index (κ3) is 3.49. The molecule has 0 spiro atoms. The van der Waals surface area contributed by atoms with E-state index in [0.717, 1.165) is 53.6 Å². The van der Waals surface area contributed by atoms with Crippen LogP contribution in [0.15, 0.2) is 81.6 Å². The van der Waals surface area contributed by atoms with Crippen LogP contribution in [-0.4, -0.2) is 45.4 Å².